The van der Waals surface area contributed by atoms with Crippen LogP contribution in [0.5, 0.6) is 0 Å². The first kappa shape index (κ1) is 17.4. The molecule has 4 N–H and O–H groups in total. The second kappa shape index (κ2) is 7.07. The summed E-state index contributed by atoms with van der Waals surface area (Å²) < 4.78 is 24.7. The van der Waals surface area contributed by atoms with Crippen LogP contribution in [0.2, 0.25) is 0 Å². The summed E-state index contributed by atoms with van der Waals surface area (Å²) in [6.07, 6.45) is 1.33. The molecular formula is C14H18N4O3S2. The van der Waals surface area contributed by atoms with Gasteiger partial charge in [-0.3, -0.25) is 9.52 Å². The number of nitrogens with zero attached hydrogens (tertiary/aromatic N) is 1. The largest absolute Gasteiger partial charge is 0.327 e. The number of hydrogen-bond donors (Lipinski definition) is 3. The van der Waals surface area contributed by atoms with Crippen LogP contribution < -0.4 is 15.8 Å². The van der Waals surface area contributed by atoms with Gasteiger partial charge in [-0.05, 0) is 19.1 Å². The highest BCUT2D eigenvalue weighted by molar-refractivity contribution is 7.92. The summed E-state index contributed by atoms with van der Waals surface area (Å²) in [4.78, 5) is 16.0. The summed E-state index contributed by atoms with van der Waals surface area (Å²) in [5.41, 5.74) is 7.59. The number of anilines is 2. The Morgan fingerprint density at radius 3 is 2.57 bits per heavy atom. The third kappa shape index (κ3) is 5.62. The maximum absolute atomic E-state index is 11.7. The Morgan fingerprint density at radius 1 is 1.35 bits per heavy atom. The Kier molecular flexibility index (Phi) is 5.34. The first-order chi connectivity index (χ1) is 10.7. The van der Waals surface area contributed by atoms with Gasteiger partial charge in [-0.25, -0.2) is 13.4 Å². The molecule has 9 heteroatoms. The molecule has 2 rings (SSSR count). The average Bonchev–Trinajstić information content (AvgIpc) is 2.85. The van der Waals surface area contributed by atoms with Gasteiger partial charge in [-0.15, -0.1) is 11.3 Å². The predicted molar refractivity (Wildman–Crippen MR) is 92.9 cm³/mol. The number of aromatic nitrogens is 1. The Balaban J connectivity index is 2.07. The number of rotatable bonds is 6. The summed E-state index contributed by atoms with van der Waals surface area (Å²) in [5, 5.41) is 5.03. The van der Waals surface area contributed by atoms with Gasteiger partial charge >= 0.3 is 0 Å². The van der Waals surface area contributed by atoms with Crippen molar-refractivity contribution in [2.24, 2.45) is 5.73 Å². The SMILES string of the molecule is CC(N)CC(=O)Nc1nc(-c2ccc(NS(C)(=O)=O)cc2)cs1. The molecule has 1 aromatic carbocycles. The predicted octanol–water partition coefficient (Wildman–Crippen LogP) is 1.86. The zero-order chi connectivity index (χ0) is 17.0. The molecule has 1 heterocycles. The van der Waals surface area contributed by atoms with Crippen molar-refractivity contribution < 1.29 is 13.2 Å². The third-order valence-electron chi connectivity index (χ3n) is 2.74. The Labute approximate surface area is 139 Å². The Bertz CT molecular complexity index is 783. The molecule has 0 aliphatic rings. The molecule has 0 spiro atoms. The maximum Gasteiger partial charge on any atom is 0.229 e. The van der Waals surface area contributed by atoms with Crippen LogP contribution >= 0.6 is 11.3 Å². The number of carbonyl (C=O) groups excluding carboxylic acids is 1. The molecule has 1 atom stereocenters. The molecular weight excluding hydrogens is 336 g/mol. The van der Waals surface area contributed by atoms with Crippen LogP contribution in [0.25, 0.3) is 11.3 Å². The topological polar surface area (TPSA) is 114 Å². The number of hydrogen-bond acceptors (Lipinski definition) is 6. The molecule has 2 aromatic rings. The maximum atomic E-state index is 11.7. The van der Waals surface area contributed by atoms with Gasteiger partial charge in [-0.2, -0.15) is 0 Å². The zero-order valence-corrected chi connectivity index (χ0v) is 14.4. The zero-order valence-electron chi connectivity index (χ0n) is 12.7. The van der Waals surface area contributed by atoms with Gasteiger partial charge in [0.15, 0.2) is 5.13 Å². The van der Waals surface area contributed by atoms with Gasteiger partial charge in [0.1, 0.15) is 0 Å². The number of thiazole rings is 1. The lowest BCUT2D eigenvalue weighted by atomic mass is 10.1. The second-order valence-electron chi connectivity index (χ2n) is 5.22. The molecule has 0 aliphatic heterocycles. The van der Waals surface area contributed by atoms with Crippen LogP contribution in [-0.4, -0.2) is 31.6 Å². The minimum Gasteiger partial charge on any atom is -0.327 e. The molecule has 7 nitrogen and oxygen atoms in total. The highest BCUT2D eigenvalue weighted by atomic mass is 32.2. The fraction of sp³-hybridized carbons (Fsp3) is 0.286. The molecule has 0 aliphatic carbocycles. The van der Waals surface area contributed by atoms with Crippen LogP contribution in [0.4, 0.5) is 10.8 Å². The molecule has 1 unspecified atom stereocenters. The number of nitrogens with two attached hydrogens (primary N) is 1. The van der Waals surface area contributed by atoms with E-state index in [1.165, 1.54) is 11.3 Å². The van der Waals surface area contributed by atoms with Crippen LogP contribution in [0.15, 0.2) is 29.6 Å². The van der Waals surface area contributed by atoms with Crippen molar-refractivity contribution in [3.05, 3.63) is 29.6 Å². The van der Waals surface area contributed by atoms with Crippen molar-refractivity contribution in [1.29, 1.82) is 0 Å². The van der Waals surface area contributed by atoms with Gasteiger partial charge in [-0.1, -0.05) is 12.1 Å². The summed E-state index contributed by atoms with van der Waals surface area (Å²) in [6.45, 7) is 1.76. The lowest BCUT2D eigenvalue weighted by molar-refractivity contribution is -0.116. The van der Waals surface area contributed by atoms with Crippen molar-refractivity contribution in [3.8, 4) is 11.3 Å². The van der Waals surface area contributed by atoms with E-state index >= 15 is 0 Å². The van der Waals surface area contributed by atoms with Crippen molar-refractivity contribution in [3.63, 3.8) is 0 Å². The van der Waals surface area contributed by atoms with Crippen molar-refractivity contribution in [2.75, 3.05) is 16.3 Å². The minimum absolute atomic E-state index is 0.173. The summed E-state index contributed by atoms with van der Waals surface area (Å²) >= 11 is 1.32. The van der Waals surface area contributed by atoms with Crippen molar-refractivity contribution in [2.45, 2.75) is 19.4 Å². The van der Waals surface area contributed by atoms with E-state index < -0.39 is 10.0 Å². The lowest BCUT2D eigenvalue weighted by Crippen LogP contribution is -2.23. The van der Waals surface area contributed by atoms with Crippen LogP contribution in [0.1, 0.15) is 13.3 Å². The highest BCUT2D eigenvalue weighted by Gasteiger charge is 2.10. The number of sulfonamides is 1. The number of benzene rings is 1. The first-order valence-corrected chi connectivity index (χ1v) is 9.59. The van der Waals surface area contributed by atoms with Crippen LogP contribution in [0, 0.1) is 0 Å². The fourth-order valence-corrected chi connectivity index (χ4v) is 3.15. The van der Waals surface area contributed by atoms with E-state index in [0.717, 1.165) is 11.8 Å². The van der Waals surface area contributed by atoms with E-state index in [0.29, 0.717) is 16.5 Å². The monoisotopic (exact) mass is 354 g/mol. The summed E-state index contributed by atoms with van der Waals surface area (Å²) in [7, 11) is -3.30. The molecule has 0 bridgehead atoms. The van der Waals surface area contributed by atoms with Crippen molar-refractivity contribution in [1.82, 2.24) is 4.98 Å². The number of amides is 1. The van der Waals surface area contributed by atoms with E-state index in [4.69, 9.17) is 5.73 Å². The molecule has 0 saturated carbocycles. The van der Waals surface area contributed by atoms with Crippen LogP contribution in [-0.2, 0) is 14.8 Å². The van der Waals surface area contributed by atoms with Gasteiger partial charge in [0.25, 0.3) is 0 Å². The molecule has 0 radical (unpaired) electrons. The van der Waals surface area contributed by atoms with Gasteiger partial charge in [0.05, 0.1) is 11.9 Å². The quantitative estimate of drug-likeness (QED) is 0.732. The van der Waals surface area contributed by atoms with E-state index in [1.54, 1.807) is 31.2 Å². The molecule has 1 aromatic heterocycles. The normalized spacial score (nSPS) is 12.7. The second-order valence-corrected chi connectivity index (χ2v) is 7.83. The van der Waals surface area contributed by atoms with Crippen LogP contribution in [0.3, 0.4) is 0 Å². The van der Waals surface area contributed by atoms with Gasteiger partial charge < -0.3 is 11.1 Å². The average molecular weight is 354 g/mol. The van der Waals surface area contributed by atoms with E-state index in [2.05, 4.69) is 15.0 Å². The van der Waals surface area contributed by atoms with E-state index in [-0.39, 0.29) is 18.4 Å². The number of nitrogens with one attached hydrogen (secondary N) is 2. The summed E-state index contributed by atoms with van der Waals surface area (Å²) in [6, 6.07) is 6.63. The molecule has 0 saturated heterocycles. The standard InChI is InChI=1S/C14H18N4O3S2/c1-9(15)7-13(19)17-14-16-12(8-22-14)10-3-5-11(6-4-10)18-23(2,20)21/h3-6,8-9,18H,7,15H2,1-2H3,(H,16,17,19). The molecule has 124 valence electrons. The highest BCUT2D eigenvalue weighted by Crippen LogP contribution is 2.26. The lowest BCUT2D eigenvalue weighted by Gasteiger charge is -2.05. The van der Waals surface area contributed by atoms with E-state index in [9.17, 15) is 13.2 Å². The number of carbonyl (C=O) groups is 1. The summed E-state index contributed by atoms with van der Waals surface area (Å²) in [5.74, 6) is -0.173. The molecule has 1 amide bonds. The van der Waals surface area contributed by atoms with Gasteiger partial charge in [0, 0.05) is 29.1 Å². The third-order valence-corrected chi connectivity index (χ3v) is 4.11. The van der Waals surface area contributed by atoms with Gasteiger partial charge in [0.2, 0.25) is 15.9 Å². The smallest absolute Gasteiger partial charge is 0.229 e. The molecule has 23 heavy (non-hydrogen) atoms. The van der Waals surface area contributed by atoms with E-state index in [1.807, 2.05) is 5.38 Å². The molecule has 0 fully saturated rings. The fourth-order valence-electron chi connectivity index (χ4n) is 1.85. The van der Waals surface area contributed by atoms with Crippen molar-refractivity contribution >= 4 is 38.1 Å². The minimum atomic E-state index is -3.30. The Morgan fingerprint density at radius 2 is 2.00 bits per heavy atom. The first-order valence-electron chi connectivity index (χ1n) is 6.82. The Hall–Kier alpha value is -1.97.